The van der Waals surface area contributed by atoms with Gasteiger partial charge in [-0.15, -0.1) is 24.0 Å². The van der Waals surface area contributed by atoms with E-state index in [-0.39, 0.29) is 24.0 Å². The van der Waals surface area contributed by atoms with Crippen LogP contribution in [0.5, 0.6) is 11.6 Å². The summed E-state index contributed by atoms with van der Waals surface area (Å²) in [6.45, 7) is 2.27. The minimum absolute atomic E-state index is 0. The molecule has 0 amide bonds. The van der Waals surface area contributed by atoms with Crippen molar-refractivity contribution >= 4 is 35.6 Å². The third-order valence-electron chi connectivity index (χ3n) is 4.60. The standard InChI is InChI=1S/C25H30N4O3.HI/c1-26-25(29-22-12-6-13-23(17-22)31-16-8-15-30-2)28-18-21-11-7-14-27-24(21)32-19-20-9-4-3-5-10-20;/h3-7,9-14,17H,8,15-16,18-19H2,1-2H3,(H2,26,28,29);1H. The second kappa shape index (κ2) is 15.1. The highest BCUT2D eigenvalue weighted by atomic mass is 127. The minimum Gasteiger partial charge on any atom is -0.493 e. The Bertz CT molecular complexity index is 986. The first kappa shape index (κ1) is 26.4. The summed E-state index contributed by atoms with van der Waals surface area (Å²) in [4.78, 5) is 8.70. The maximum Gasteiger partial charge on any atom is 0.218 e. The van der Waals surface area contributed by atoms with Crippen molar-refractivity contribution in [1.82, 2.24) is 10.3 Å². The predicted molar refractivity (Wildman–Crippen MR) is 143 cm³/mol. The van der Waals surface area contributed by atoms with E-state index in [1.54, 1.807) is 20.4 Å². The molecule has 0 radical (unpaired) electrons. The monoisotopic (exact) mass is 562 g/mol. The Morgan fingerprint density at radius 3 is 2.61 bits per heavy atom. The number of guanidine groups is 1. The van der Waals surface area contributed by atoms with Crippen LogP contribution in [0.15, 0.2) is 77.9 Å². The largest absolute Gasteiger partial charge is 0.493 e. The van der Waals surface area contributed by atoms with E-state index >= 15 is 0 Å². The van der Waals surface area contributed by atoms with Crippen LogP contribution in [-0.2, 0) is 17.9 Å². The number of nitrogens with one attached hydrogen (secondary N) is 2. The zero-order valence-corrected chi connectivity index (χ0v) is 21.3. The summed E-state index contributed by atoms with van der Waals surface area (Å²) in [6, 6.07) is 21.7. The van der Waals surface area contributed by atoms with Crippen LogP contribution >= 0.6 is 24.0 Å². The molecule has 1 aromatic heterocycles. The van der Waals surface area contributed by atoms with E-state index in [1.165, 1.54) is 0 Å². The van der Waals surface area contributed by atoms with Crippen LogP contribution in [0.2, 0.25) is 0 Å². The molecule has 0 bridgehead atoms. The number of rotatable bonds is 11. The molecule has 7 nitrogen and oxygen atoms in total. The van der Waals surface area contributed by atoms with Crippen molar-refractivity contribution in [2.45, 2.75) is 19.6 Å². The lowest BCUT2D eigenvalue weighted by molar-refractivity contribution is 0.172. The molecule has 176 valence electrons. The van der Waals surface area contributed by atoms with Crippen LogP contribution in [0, 0.1) is 0 Å². The van der Waals surface area contributed by atoms with Crippen LogP contribution in [0.1, 0.15) is 17.5 Å². The van der Waals surface area contributed by atoms with Crippen molar-refractivity contribution < 1.29 is 14.2 Å². The molecule has 0 spiro atoms. The lowest BCUT2D eigenvalue weighted by Gasteiger charge is -2.15. The summed E-state index contributed by atoms with van der Waals surface area (Å²) in [5.74, 6) is 2.04. The van der Waals surface area contributed by atoms with Gasteiger partial charge in [0.2, 0.25) is 5.88 Å². The molecule has 0 unspecified atom stereocenters. The van der Waals surface area contributed by atoms with Gasteiger partial charge < -0.3 is 24.8 Å². The van der Waals surface area contributed by atoms with Crippen molar-refractivity contribution in [3.8, 4) is 11.6 Å². The van der Waals surface area contributed by atoms with E-state index in [0.717, 1.165) is 29.0 Å². The Morgan fingerprint density at radius 1 is 0.970 bits per heavy atom. The van der Waals surface area contributed by atoms with Crippen molar-refractivity contribution in [1.29, 1.82) is 0 Å². The van der Waals surface area contributed by atoms with E-state index in [9.17, 15) is 0 Å². The number of hydrogen-bond donors (Lipinski definition) is 2. The highest BCUT2D eigenvalue weighted by molar-refractivity contribution is 14.0. The second-order valence-corrected chi connectivity index (χ2v) is 7.02. The Hall–Kier alpha value is -2.85. The number of aliphatic imine (C=N–C) groups is 1. The molecule has 0 aliphatic heterocycles. The molecule has 33 heavy (non-hydrogen) atoms. The first-order chi connectivity index (χ1) is 15.8. The number of nitrogens with zero attached hydrogens (tertiary/aromatic N) is 2. The summed E-state index contributed by atoms with van der Waals surface area (Å²) >= 11 is 0. The SMILES string of the molecule is CN=C(NCc1cccnc1OCc1ccccc1)Nc1cccc(OCCCOC)c1.I. The number of hydrogen-bond acceptors (Lipinski definition) is 5. The van der Waals surface area contributed by atoms with E-state index < -0.39 is 0 Å². The molecule has 1 heterocycles. The van der Waals surface area contributed by atoms with Crippen molar-refractivity contribution in [2.75, 3.05) is 32.7 Å². The first-order valence-electron chi connectivity index (χ1n) is 10.6. The smallest absolute Gasteiger partial charge is 0.218 e. The molecular weight excluding hydrogens is 531 g/mol. The molecule has 0 aliphatic carbocycles. The van der Waals surface area contributed by atoms with Gasteiger partial charge in [0, 0.05) is 57.2 Å². The number of aromatic nitrogens is 1. The number of anilines is 1. The molecule has 0 fully saturated rings. The fraction of sp³-hybridized carbons (Fsp3) is 0.280. The van der Waals surface area contributed by atoms with Gasteiger partial charge in [-0.2, -0.15) is 0 Å². The highest BCUT2D eigenvalue weighted by Gasteiger charge is 2.07. The Kier molecular flexibility index (Phi) is 12.1. The van der Waals surface area contributed by atoms with Gasteiger partial charge in [-0.3, -0.25) is 4.99 Å². The molecule has 3 aromatic rings. The van der Waals surface area contributed by atoms with E-state index in [4.69, 9.17) is 14.2 Å². The molecule has 0 aliphatic rings. The lowest BCUT2D eigenvalue weighted by Crippen LogP contribution is -2.30. The predicted octanol–water partition coefficient (Wildman–Crippen LogP) is 4.88. The number of ether oxygens (including phenoxy) is 3. The summed E-state index contributed by atoms with van der Waals surface area (Å²) < 4.78 is 16.8. The van der Waals surface area contributed by atoms with Crippen molar-refractivity contribution in [3.63, 3.8) is 0 Å². The quantitative estimate of drug-likeness (QED) is 0.150. The maximum atomic E-state index is 5.94. The van der Waals surface area contributed by atoms with Gasteiger partial charge in [0.25, 0.3) is 0 Å². The Labute approximate surface area is 212 Å². The Morgan fingerprint density at radius 2 is 1.82 bits per heavy atom. The third kappa shape index (κ3) is 9.27. The first-order valence-corrected chi connectivity index (χ1v) is 10.6. The van der Waals surface area contributed by atoms with E-state index in [0.29, 0.717) is 38.2 Å². The summed E-state index contributed by atoms with van der Waals surface area (Å²) in [5, 5.41) is 6.60. The van der Waals surface area contributed by atoms with E-state index in [1.807, 2.05) is 66.7 Å². The van der Waals surface area contributed by atoms with Gasteiger partial charge in [0.1, 0.15) is 12.4 Å². The van der Waals surface area contributed by atoms with Crippen molar-refractivity contribution in [3.05, 3.63) is 84.1 Å². The van der Waals surface area contributed by atoms with Gasteiger partial charge >= 0.3 is 0 Å². The normalized spacial score (nSPS) is 10.8. The average molecular weight is 562 g/mol. The number of pyridine rings is 1. The van der Waals surface area contributed by atoms with Gasteiger partial charge in [0.05, 0.1) is 6.61 Å². The summed E-state index contributed by atoms with van der Waals surface area (Å²) in [6.07, 6.45) is 2.58. The molecule has 2 N–H and O–H groups in total. The Balaban J connectivity index is 0.00000385. The molecule has 2 aromatic carbocycles. The highest BCUT2D eigenvalue weighted by Crippen LogP contribution is 2.18. The van der Waals surface area contributed by atoms with Gasteiger partial charge in [-0.25, -0.2) is 4.98 Å². The average Bonchev–Trinajstić information content (AvgIpc) is 2.84. The zero-order valence-electron chi connectivity index (χ0n) is 19.0. The number of methoxy groups -OCH3 is 1. The van der Waals surface area contributed by atoms with Gasteiger partial charge in [-0.05, 0) is 23.8 Å². The molecule has 8 heteroatoms. The third-order valence-corrected chi connectivity index (χ3v) is 4.60. The molecule has 0 atom stereocenters. The fourth-order valence-corrected chi connectivity index (χ4v) is 2.97. The summed E-state index contributed by atoms with van der Waals surface area (Å²) in [7, 11) is 3.42. The molecule has 0 saturated heterocycles. The summed E-state index contributed by atoms with van der Waals surface area (Å²) in [5.41, 5.74) is 2.93. The lowest BCUT2D eigenvalue weighted by atomic mass is 10.2. The second-order valence-electron chi connectivity index (χ2n) is 7.02. The van der Waals surface area contributed by atoms with Crippen LogP contribution < -0.4 is 20.1 Å². The van der Waals surface area contributed by atoms with Crippen LogP contribution in [-0.4, -0.2) is 38.3 Å². The van der Waals surface area contributed by atoms with Crippen molar-refractivity contribution in [2.24, 2.45) is 4.99 Å². The van der Waals surface area contributed by atoms with E-state index in [2.05, 4.69) is 20.6 Å². The minimum atomic E-state index is 0. The van der Waals surface area contributed by atoms with Crippen LogP contribution in [0.25, 0.3) is 0 Å². The molecular formula is C25H31IN4O3. The molecule has 0 saturated carbocycles. The number of benzene rings is 2. The topological polar surface area (TPSA) is 77.0 Å². The fourth-order valence-electron chi connectivity index (χ4n) is 2.97. The number of halogens is 1. The van der Waals surface area contributed by atoms with Gasteiger partial charge in [0.15, 0.2) is 5.96 Å². The zero-order chi connectivity index (χ0) is 22.4. The van der Waals surface area contributed by atoms with Crippen LogP contribution in [0.4, 0.5) is 5.69 Å². The van der Waals surface area contributed by atoms with Crippen LogP contribution in [0.3, 0.4) is 0 Å². The molecule has 3 rings (SSSR count). The van der Waals surface area contributed by atoms with Gasteiger partial charge in [-0.1, -0.05) is 42.5 Å². The maximum absolute atomic E-state index is 5.94.